The monoisotopic (exact) mass is 467 g/mol. The third kappa shape index (κ3) is 6.43. The van der Waals surface area contributed by atoms with E-state index in [4.69, 9.17) is 4.74 Å². The molecular formula is C23H24F3NO4S. The summed E-state index contributed by atoms with van der Waals surface area (Å²) in [5.74, 6) is -0.719. The number of sulfonamides is 1. The van der Waals surface area contributed by atoms with Gasteiger partial charge in [0.1, 0.15) is 6.61 Å². The van der Waals surface area contributed by atoms with Crippen LogP contribution in [0, 0.1) is 0 Å². The molecule has 2 aromatic carbocycles. The maximum Gasteiger partial charge on any atom is 0.416 e. The Labute approximate surface area is 185 Å². The molecular weight excluding hydrogens is 443 g/mol. The fourth-order valence-electron chi connectivity index (χ4n) is 3.39. The van der Waals surface area contributed by atoms with Crippen LogP contribution in [0.5, 0.6) is 0 Å². The van der Waals surface area contributed by atoms with Crippen molar-refractivity contribution in [1.29, 1.82) is 0 Å². The summed E-state index contributed by atoms with van der Waals surface area (Å²) in [6.45, 7) is 0.740. The first-order chi connectivity index (χ1) is 15.2. The number of nitrogens with zero attached hydrogens (tertiary/aromatic N) is 1. The second-order valence-corrected chi connectivity index (χ2v) is 9.46. The van der Waals surface area contributed by atoms with E-state index in [0.717, 1.165) is 43.9 Å². The van der Waals surface area contributed by atoms with Gasteiger partial charge >= 0.3 is 12.1 Å². The van der Waals surface area contributed by atoms with Crippen molar-refractivity contribution in [1.82, 2.24) is 4.31 Å². The van der Waals surface area contributed by atoms with Gasteiger partial charge in [-0.3, -0.25) is 0 Å². The van der Waals surface area contributed by atoms with Crippen LogP contribution in [-0.4, -0.2) is 31.8 Å². The van der Waals surface area contributed by atoms with Gasteiger partial charge in [-0.05, 0) is 54.3 Å². The van der Waals surface area contributed by atoms with Crippen molar-refractivity contribution in [2.24, 2.45) is 0 Å². The number of rotatable bonds is 6. The first kappa shape index (κ1) is 24.0. The van der Waals surface area contributed by atoms with Crippen molar-refractivity contribution in [2.45, 2.75) is 43.4 Å². The van der Waals surface area contributed by atoms with Crippen LogP contribution >= 0.6 is 0 Å². The van der Waals surface area contributed by atoms with E-state index in [-0.39, 0.29) is 17.1 Å². The van der Waals surface area contributed by atoms with Crippen LogP contribution in [0.3, 0.4) is 0 Å². The van der Waals surface area contributed by atoms with Gasteiger partial charge in [-0.1, -0.05) is 37.1 Å². The number of benzene rings is 2. The molecule has 0 bridgehead atoms. The highest BCUT2D eigenvalue weighted by Gasteiger charge is 2.30. The number of esters is 1. The molecule has 1 aliphatic rings. The number of alkyl halides is 3. The van der Waals surface area contributed by atoms with Gasteiger partial charge in [-0.25, -0.2) is 13.2 Å². The summed E-state index contributed by atoms with van der Waals surface area (Å²) < 4.78 is 70.3. The van der Waals surface area contributed by atoms with Crippen molar-refractivity contribution in [3.63, 3.8) is 0 Å². The molecule has 1 heterocycles. The highest BCUT2D eigenvalue weighted by molar-refractivity contribution is 7.89. The zero-order valence-corrected chi connectivity index (χ0v) is 18.2. The van der Waals surface area contributed by atoms with E-state index in [2.05, 4.69) is 0 Å². The van der Waals surface area contributed by atoms with Crippen molar-refractivity contribution < 1.29 is 31.1 Å². The smallest absolute Gasteiger partial charge is 0.416 e. The third-order valence-corrected chi connectivity index (χ3v) is 7.04. The Morgan fingerprint density at radius 2 is 1.66 bits per heavy atom. The largest absolute Gasteiger partial charge is 0.458 e. The molecule has 1 saturated heterocycles. The normalized spacial score (nSPS) is 16.1. The fourth-order valence-corrected chi connectivity index (χ4v) is 4.90. The van der Waals surface area contributed by atoms with Crippen LogP contribution in [0.15, 0.2) is 59.5 Å². The second kappa shape index (κ2) is 10.3. The molecule has 0 unspecified atom stereocenters. The summed E-state index contributed by atoms with van der Waals surface area (Å²) in [7, 11) is -3.55. The highest BCUT2D eigenvalue weighted by atomic mass is 32.2. The first-order valence-corrected chi connectivity index (χ1v) is 11.7. The van der Waals surface area contributed by atoms with Crippen molar-refractivity contribution in [3.8, 4) is 0 Å². The van der Waals surface area contributed by atoms with Crippen LogP contribution in [0.2, 0.25) is 0 Å². The Morgan fingerprint density at radius 1 is 1.00 bits per heavy atom. The maximum absolute atomic E-state index is 12.8. The minimum absolute atomic E-state index is 0.198. The summed E-state index contributed by atoms with van der Waals surface area (Å²) in [4.78, 5) is 12.1. The number of hydrogen-bond acceptors (Lipinski definition) is 4. The van der Waals surface area contributed by atoms with E-state index in [1.54, 1.807) is 12.1 Å². The van der Waals surface area contributed by atoms with E-state index in [9.17, 15) is 26.4 Å². The number of ether oxygens (including phenoxy) is 1. The van der Waals surface area contributed by atoms with E-state index in [1.807, 2.05) is 0 Å². The lowest BCUT2D eigenvalue weighted by molar-refractivity contribution is -0.138. The van der Waals surface area contributed by atoms with E-state index in [0.29, 0.717) is 18.7 Å². The van der Waals surface area contributed by atoms with Gasteiger partial charge in [0.05, 0.1) is 10.5 Å². The van der Waals surface area contributed by atoms with Gasteiger partial charge in [0.25, 0.3) is 0 Å². The molecule has 0 saturated carbocycles. The Morgan fingerprint density at radius 3 is 2.28 bits per heavy atom. The van der Waals surface area contributed by atoms with Gasteiger partial charge in [0, 0.05) is 19.2 Å². The Kier molecular flexibility index (Phi) is 7.73. The fraction of sp³-hybridized carbons (Fsp3) is 0.348. The third-order valence-electron chi connectivity index (χ3n) is 5.13. The Hall–Kier alpha value is -2.65. The second-order valence-electron chi connectivity index (χ2n) is 7.53. The molecule has 0 amide bonds. The van der Waals surface area contributed by atoms with Gasteiger partial charge in [0.15, 0.2) is 0 Å². The summed E-state index contributed by atoms with van der Waals surface area (Å²) >= 11 is 0. The summed E-state index contributed by atoms with van der Waals surface area (Å²) in [5.41, 5.74) is 0.0114. The number of hydrogen-bond donors (Lipinski definition) is 0. The molecule has 0 N–H and O–H groups in total. The van der Waals surface area contributed by atoms with Crippen LogP contribution in [0.1, 0.15) is 42.4 Å². The number of carbonyl (C=O) groups excluding carboxylic acids is 1. The molecule has 0 atom stereocenters. The molecule has 0 aliphatic carbocycles. The molecule has 0 aromatic heterocycles. The van der Waals surface area contributed by atoms with Crippen LogP contribution in [-0.2, 0) is 32.3 Å². The molecule has 2 aromatic rings. The average molecular weight is 468 g/mol. The minimum Gasteiger partial charge on any atom is -0.458 e. The minimum atomic E-state index is -4.47. The topological polar surface area (TPSA) is 63.7 Å². The Balaban J connectivity index is 1.58. The quantitative estimate of drug-likeness (QED) is 0.442. The SMILES string of the molecule is O=C(C=Cc1ccc(S(=O)(=O)N2CCCCCC2)cc1)OCc1cccc(C(F)(F)F)c1. The predicted molar refractivity (Wildman–Crippen MR) is 114 cm³/mol. The summed E-state index contributed by atoms with van der Waals surface area (Å²) in [6, 6.07) is 10.7. The van der Waals surface area contributed by atoms with Crippen molar-refractivity contribution in [2.75, 3.05) is 13.1 Å². The lowest BCUT2D eigenvalue weighted by Gasteiger charge is -2.19. The van der Waals surface area contributed by atoms with Crippen molar-refractivity contribution in [3.05, 3.63) is 71.3 Å². The molecule has 9 heteroatoms. The van der Waals surface area contributed by atoms with Gasteiger partial charge in [-0.15, -0.1) is 0 Å². The predicted octanol–water partition coefficient (Wildman–Crippen LogP) is 5.03. The van der Waals surface area contributed by atoms with Crippen LogP contribution in [0.4, 0.5) is 13.2 Å². The van der Waals surface area contributed by atoms with E-state index >= 15 is 0 Å². The summed E-state index contributed by atoms with van der Waals surface area (Å²) in [5, 5.41) is 0. The Bertz CT molecular complexity index is 1060. The van der Waals surface area contributed by atoms with Crippen LogP contribution < -0.4 is 0 Å². The van der Waals surface area contributed by atoms with E-state index < -0.39 is 27.7 Å². The van der Waals surface area contributed by atoms with Gasteiger partial charge < -0.3 is 4.74 Å². The molecule has 172 valence electrons. The lowest BCUT2D eigenvalue weighted by Crippen LogP contribution is -2.31. The highest BCUT2D eigenvalue weighted by Crippen LogP contribution is 2.29. The average Bonchev–Trinajstić information content (AvgIpc) is 3.06. The molecule has 3 rings (SSSR count). The zero-order chi connectivity index (χ0) is 23.2. The summed E-state index contributed by atoms with van der Waals surface area (Å²) in [6.07, 6.45) is 1.89. The van der Waals surface area contributed by atoms with Gasteiger partial charge in [0.2, 0.25) is 10.0 Å². The van der Waals surface area contributed by atoms with Crippen molar-refractivity contribution >= 4 is 22.1 Å². The molecule has 5 nitrogen and oxygen atoms in total. The van der Waals surface area contributed by atoms with Gasteiger partial charge in [-0.2, -0.15) is 17.5 Å². The zero-order valence-electron chi connectivity index (χ0n) is 17.3. The number of halogens is 3. The molecule has 0 radical (unpaired) electrons. The standard InChI is InChI=1S/C23H24F3NO4S/c24-23(25,26)20-7-5-6-19(16-20)17-31-22(28)13-10-18-8-11-21(12-9-18)32(29,30)27-14-3-1-2-4-15-27/h5-13,16H,1-4,14-15,17H2. The molecule has 32 heavy (non-hydrogen) atoms. The van der Waals surface area contributed by atoms with E-state index in [1.165, 1.54) is 34.6 Å². The van der Waals surface area contributed by atoms with Crippen LogP contribution in [0.25, 0.3) is 6.08 Å². The molecule has 0 spiro atoms. The number of carbonyl (C=O) groups is 1. The molecule has 1 aliphatic heterocycles. The first-order valence-electron chi connectivity index (χ1n) is 10.3. The molecule has 1 fully saturated rings. The maximum atomic E-state index is 12.8. The lowest BCUT2D eigenvalue weighted by atomic mass is 10.1.